The lowest BCUT2D eigenvalue weighted by Crippen LogP contribution is -2.38. The molecule has 3 rings (SSSR count). The second-order valence-electron chi connectivity index (χ2n) is 7.76. The van der Waals surface area contributed by atoms with Crippen molar-refractivity contribution in [2.45, 2.75) is 58.9 Å². The molecule has 0 bridgehead atoms. The number of benzene rings is 1. The first-order chi connectivity index (χ1) is 14.2. The predicted octanol–water partition coefficient (Wildman–Crippen LogP) is 5.31. The number of aromatic nitrogens is 1. The monoisotopic (exact) mass is 541 g/mol. The maximum atomic E-state index is 4.78. The van der Waals surface area contributed by atoms with E-state index in [1.807, 2.05) is 0 Å². The smallest absolute Gasteiger partial charge is 0.191 e. The van der Waals surface area contributed by atoms with Crippen molar-refractivity contribution in [2.24, 2.45) is 4.99 Å². The third-order valence-corrected chi connectivity index (χ3v) is 6.30. The second kappa shape index (κ2) is 13.1. The topological polar surface area (TPSA) is 52.6 Å². The standard InChI is InChI=1S/C23H35N5S.HI/c1-4-24-23(25-13-6-5-12-22-26-18(2)17-29-22)27-19(3)20-10-9-11-21(16-20)28-14-7-8-15-28;/h9-11,16-17,19H,4-8,12-15H2,1-3H3,(H2,24,25,27);1H. The molecule has 0 aliphatic carbocycles. The van der Waals surface area contributed by atoms with Crippen molar-refractivity contribution >= 4 is 47.0 Å². The van der Waals surface area contributed by atoms with Crippen LogP contribution >= 0.6 is 35.3 Å². The van der Waals surface area contributed by atoms with E-state index in [0.29, 0.717) is 0 Å². The molecule has 0 spiro atoms. The zero-order valence-electron chi connectivity index (χ0n) is 18.5. The average Bonchev–Trinajstić information content (AvgIpc) is 3.40. The Morgan fingerprint density at radius 1 is 1.27 bits per heavy atom. The van der Waals surface area contributed by atoms with E-state index in [0.717, 1.165) is 44.0 Å². The zero-order valence-corrected chi connectivity index (χ0v) is 21.6. The van der Waals surface area contributed by atoms with Crippen molar-refractivity contribution in [2.75, 3.05) is 31.1 Å². The van der Waals surface area contributed by atoms with Gasteiger partial charge in [0.1, 0.15) is 0 Å². The first-order valence-corrected chi connectivity index (χ1v) is 11.8. The summed E-state index contributed by atoms with van der Waals surface area (Å²) in [5, 5.41) is 10.3. The summed E-state index contributed by atoms with van der Waals surface area (Å²) in [6.07, 6.45) is 5.86. The van der Waals surface area contributed by atoms with Crippen LogP contribution in [0.2, 0.25) is 0 Å². The molecule has 1 aliphatic rings. The number of anilines is 1. The molecule has 1 aromatic heterocycles. The third-order valence-electron chi connectivity index (χ3n) is 5.27. The van der Waals surface area contributed by atoms with Gasteiger partial charge in [0.15, 0.2) is 5.96 Å². The number of aliphatic imine (C=N–C) groups is 1. The van der Waals surface area contributed by atoms with Crippen LogP contribution in [-0.2, 0) is 6.42 Å². The molecular formula is C23H36IN5S. The molecule has 0 saturated carbocycles. The highest BCUT2D eigenvalue weighted by atomic mass is 127. The molecule has 1 fully saturated rings. The van der Waals surface area contributed by atoms with E-state index in [2.05, 4.69) is 70.9 Å². The summed E-state index contributed by atoms with van der Waals surface area (Å²) < 4.78 is 0. The Kier molecular flexibility index (Phi) is 10.9. The van der Waals surface area contributed by atoms with Crippen LogP contribution in [-0.4, -0.2) is 37.1 Å². The van der Waals surface area contributed by atoms with Crippen LogP contribution in [0.4, 0.5) is 5.69 Å². The normalized spacial score (nSPS) is 15.0. The molecule has 5 nitrogen and oxygen atoms in total. The number of nitrogens with zero attached hydrogens (tertiary/aromatic N) is 3. The van der Waals surface area contributed by atoms with Gasteiger partial charge in [-0.05, 0) is 70.6 Å². The Bertz CT molecular complexity index is 785. The van der Waals surface area contributed by atoms with E-state index in [4.69, 9.17) is 4.99 Å². The fourth-order valence-corrected chi connectivity index (χ4v) is 4.49. The van der Waals surface area contributed by atoms with Crippen molar-refractivity contribution < 1.29 is 0 Å². The second-order valence-corrected chi connectivity index (χ2v) is 8.70. The molecule has 1 aromatic carbocycles. The molecule has 1 atom stereocenters. The fourth-order valence-electron chi connectivity index (χ4n) is 3.67. The highest BCUT2D eigenvalue weighted by Crippen LogP contribution is 2.24. The van der Waals surface area contributed by atoms with Crippen LogP contribution in [0, 0.1) is 6.92 Å². The average molecular weight is 542 g/mol. The molecule has 0 radical (unpaired) electrons. The molecule has 2 N–H and O–H groups in total. The van der Waals surface area contributed by atoms with Crippen molar-refractivity contribution in [1.82, 2.24) is 15.6 Å². The SMILES string of the molecule is CCNC(=NCCCCc1nc(C)cs1)NC(C)c1cccc(N2CCCC2)c1.I. The molecule has 1 aliphatic heterocycles. The minimum atomic E-state index is 0. The van der Waals surface area contributed by atoms with Crippen LogP contribution < -0.4 is 15.5 Å². The van der Waals surface area contributed by atoms with Gasteiger partial charge in [-0.1, -0.05) is 12.1 Å². The van der Waals surface area contributed by atoms with Gasteiger partial charge in [-0.2, -0.15) is 0 Å². The van der Waals surface area contributed by atoms with Gasteiger partial charge in [-0.15, -0.1) is 35.3 Å². The fraction of sp³-hybridized carbons (Fsp3) is 0.565. The summed E-state index contributed by atoms with van der Waals surface area (Å²) in [4.78, 5) is 11.8. The molecule has 1 unspecified atom stereocenters. The van der Waals surface area contributed by atoms with Crippen LogP contribution in [0.3, 0.4) is 0 Å². The summed E-state index contributed by atoms with van der Waals surface area (Å²) in [6.45, 7) is 10.4. The maximum Gasteiger partial charge on any atom is 0.191 e. The molecular weight excluding hydrogens is 505 g/mol. The number of rotatable bonds is 9. The Morgan fingerprint density at radius 2 is 2.07 bits per heavy atom. The molecule has 1 saturated heterocycles. The molecule has 7 heteroatoms. The first kappa shape index (κ1) is 24.9. The number of thiazole rings is 1. The molecule has 0 amide bonds. The number of unbranched alkanes of at least 4 members (excludes halogenated alkanes) is 1. The summed E-state index contributed by atoms with van der Waals surface area (Å²) in [7, 11) is 0. The molecule has 166 valence electrons. The number of hydrogen-bond donors (Lipinski definition) is 2. The minimum absolute atomic E-state index is 0. The summed E-state index contributed by atoms with van der Waals surface area (Å²) in [5.41, 5.74) is 3.77. The first-order valence-electron chi connectivity index (χ1n) is 11.0. The lowest BCUT2D eigenvalue weighted by molar-refractivity contribution is 0.677. The van der Waals surface area contributed by atoms with Crippen molar-refractivity contribution in [3.8, 4) is 0 Å². The van der Waals surface area contributed by atoms with Gasteiger partial charge in [-0.25, -0.2) is 4.98 Å². The summed E-state index contributed by atoms with van der Waals surface area (Å²) >= 11 is 1.76. The predicted molar refractivity (Wildman–Crippen MR) is 141 cm³/mol. The number of nitrogens with one attached hydrogen (secondary N) is 2. The molecule has 2 heterocycles. The van der Waals surface area contributed by atoms with E-state index in [1.165, 1.54) is 42.2 Å². The third kappa shape index (κ3) is 7.72. The van der Waals surface area contributed by atoms with Gasteiger partial charge >= 0.3 is 0 Å². The van der Waals surface area contributed by atoms with E-state index < -0.39 is 0 Å². The summed E-state index contributed by atoms with van der Waals surface area (Å²) in [5.74, 6) is 0.900. The van der Waals surface area contributed by atoms with Gasteiger partial charge in [0, 0.05) is 42.9 Å². The van der Waals surface area contributed by atoms with Crippen molar-refractivity contribution in [3.05, 3.63) is 45.9 Å². The summed E-state index contributed by atoms with van der Waals surface area (Å²) in [6, 6.07) is 9.14. The van der Waals surface area contributed by atoms with Crippen LogP contribution in [0.15, 0.2) is 34.6 Å². The Morgan fingerprint density at radius 3 is 2.77 bits per heavy atom. The van der Waals surface area contributed by atoms with Crippen molar-refractivity contribution in [1.29, 1.82) is 0 Å². The quantitative estimate of drug-likeness (QED) is 0.196. The number of halogens is 1. The van der Waals surface area contributed by atoms with E-state index >= 15 is 0 Å². The van der Waals surface area contributed by atoms with E-state index in [1.54, 1.807) is 11.3 Å². The van der Waals surface area contributed by atoms with E-state index in [9.17, 15) is 0 Å². The Hall–Kier alpha value is -1.35. The van der Waals surface area contributed by atoms with Crippen LogP contribution in [0.25, 0.3) is 0 Å². The van der Waals surface area contributed by atoms with Gasteiger partial charge in [0.05, 0.1) is 11.0 Å². The van der Waals surface area contributed by atoms with Gasteiger partial charge < -0.3 is 15.5 Å². The minimum Gasteiger partial charge on any atom is -0.372 e. The van der Waals surface area contributed by atoms with Crippen LogP contribution in [0.1, 0.15) is 61.8 Å². The zero-order chi connectivity index (χ0) is 20.5. The van der Waals surface area contributed by atoms with Crippen LogP contribution in [0.5, 0.6) is 0 Å². The Balaban J connectivity index is 0.00000320. The maximum absolute atomic E-state index is 4.78. The largest absolute Gasteiger partial charge is 0.372 e. The van der Waals surface area contributed by atoms with Gasteiger partial charge in [0.2, 0.25) is 0 Å². The number of guanidine groups is 1. The lowest BCUT2D eigenvalue weighted by atomic mass is 10.1. The molecule has 30 heavy (non-hydrogen) atoms. The highest BCUT2D eigenvalue weighted by molar-refractivity contribution is 14.0. The van der Waals surface area contributed by atoms with E-state index in [-0.39, 0.29) is 30.0 Å². The molecule has 2 aromatic rings. The van der Waals surface area contributed by atoms with Crippen molar-refractivity contribution in [3.63, 3.8) is 0 Å². The number of hydrogen-bond acceptors (Lipinski definition) is 4. The lowest BCUT2D eigenvalue weighted by Gasteiger charge is -2.22. The Labute approximate surface area is 202 Å². The van der Waals surface area contributed by atoms with Gasteiger partial charge in [0.25, 0.3) is 0 Å². The number of aryl methyl sites for hydroxylation is 2. The highest BCUT2D eigenvalue weighted by Gasteiger charge is 2.14. The van der Waals surface area contributed by atoms with Gasteiger partial charge in [-0.3, -0.25) is 4.99 Å².